The molecule has 0 aromatic heterocycles. The average Bonchev–Trinajstić information content (AvgIpc) is 2.55. The molecule has 0 bridgehead atoms. The Morgan fingerprint density at radius 1 is 1.24 bits per heavy atom. The first-order chi connectivity index (χ1) is 11.8. The van der Waals surface area contributed by atoms with E-state index in [0.717, 1.165) is 12.8 Å². The van der Waals surface area contributed by atoms with Gasteiger partial charge in [-0.25, -0.2) is 9.59 Å². The van der Waals surface area contributed by atoms with Crippen molar-refractivity contribution in [1.29, 1.82) is 0 Å². The fraction of sp³-hybridized carbons (Fsp3) is 0.471. The predicted molar refractivity (Wildman–Crippen MR) is 104 cm³/mol. The maximum atomic E-state index is 12.3. The van der Waals surface area contributed by atoms with Gasteiger partial charge in [-0.15, -0.1) is 0 Å². The lowest BCUT2D eigenvalue weighted by atomic mass is 10.2. The van der Waals surface area contributed by atoms with E-state index in [4.69, 9.17) is 17.0 Å². The van der Waals surface area contributed by atoms with E-state index in [2.05, 4.69) is 23.0 Å². The molecule has 1 aromatic rings. The summed E-state index contributed by atoms with van der Waals surface area (Å²) in [6.45, 7) is 6.29. The topological polar surface area (TPSA) is 79.5 Å². The Kier molecular flexibility index (Phi) is 8.47. The Labute approximate surface area is 154 Å². The number of amides is 2. The van der Waals surface area contributed by atoms with Gasteiger partial charge in [0.25, 0.3) is 0 Å². The zero-order valence-corrected chi connectivity index (χ0v) is 16.0. The summed E-state index contributed by atoms with van der Waals surface area (Å²) in [6, 6.07) is 7.32. The number of nitrogens with zero attached hydrogens (tertiary/aromatic N) is 1. The van der Waals surface area contributed by atoms with E-state index in [1.54, 1.807) is 20.0 Å². The highest BCUT2D eigenvalue weighted by Gasteiger charge is 2.34. The molecule has 25 heavy (non-hydrogen) atoms. The normalized spacial score (nSPS) is 12.8. The number of para-hydroxylation sites is 2. The zero-order valence-electron chi connectivity index (χ0n) is 15.2. The summed E-state index contributed by atoms with van der Waals surface area (Å²) in [4.78, 5) is 23.8. The molecule has 0 spiro atoms. The predicted octanol–water partition coefficient (Wildman–Crippen LogP) is 2.92. The van der Waals surface area contributed by atoms with Crippen molar-refractivity contribution >= 4 is 40.7 Å². The van der Waals surface area contributed by atoms with Crippen LogP contribution in [-0.4, -0.2) is 37.3 Å². The number of benzene rings is 1. The number of unbranched alkanes of at least 4 members (excludes halogenated alkanes) is 1. The highest BCUT2D eigenvalue weighted by molar-refractivity contribution is 7.80. The lowest BCUT2D eigenvalue weighted by Crippen LogP contribution is -2.60. The highest BCUT2D eigenvalue weighted by atomic mass is 32.1. The maximum absolute atomic E-state index is 12.3. The highest BCUT2D eigenvalue weighted by Crippen LogP contribution is 2.29. The quantitative estimate of drug-likeness (QED) is 0.298. The third-order valence-electron chi connectivity index (χ3n) is 3.71. The van der Waals surface area contributed by atoms with Crippen LogP contribution in [0.3, 0.4) is 0 Å². The molecule has 7 nitrogen and oxygen atoms in total. The van der Waals surface area contributed by atoms with Crippen molar-refractivity contribution in [3.63, 3.8) is 0 Å². The number of quaternary nitrogens is 1. The molecule has 8 heteroatoms. The molecule has 0 saturated carbocycles. The number of carbonyl (C=O) groups excluding carboxylic acids is 2. The zero-order chi connectivity index (χ0) is 18.9. The second-order valence-corrected chi connectivity index (χ2v) is 6.01. The molecule has 0 aliphatic carbocycles. The molecule has 1 atom stereocenters. The van der Waals surface area contributed by atoms with Gasteiger partial charge in [-0.05, 0) is 31.6 Å². The van der Waals surface area contributed by atoms with E-state index in [9.17, 15) is 9.59 Å². The number of carbonyl (C=O) groups is 2. The van der Waals surface area contributed by atoms with Crippen molar-refractivity contribution in [3.05, 3.63) is 24.3 Å². The van der Waals surface area contributed by atoms with Gasteiger partial charge in [0.15, 0.2) is 10.8 Å². The van der Waals surface area contributed by atoms with Gasteiger partial charge >= 0.3 is 12.0 Å². The Hall–Kier alpha value is -2.03. The van der Waals surface area contributed by atoms with Crippen molar-refractivity contribution in [2.45, 2.75) is 33.6 Å². The molecule has 0 aliphatic rings. The number of hydrogen-bond donors (Lipinski definition) is 3. The third kappa shape index (κ3) is 6.08. The van der Waals surface area contributed by atoms with E-state index in [1.165, 1.54) is 6.92 Å². The fourth-order valence-corrected chi connectivity index (χ4v) is 2.42. The SMILES string of the molecule is CCCCN[N+](C)(C(C)=O)c1ccccc1NC(=S)NC(=O)OCC. The molecule has 1 rings (SSSR count). The first kappa shape index (κ1) is 21.0. The minimum absolute atomic E-state index is 0.0605. The molecule has 138 valence electrons. The Balaban J connectivity index is 3.01. The lowest BCUT2D eigenvalue weighted by Gasteiger charge is -2.31. The van der Waals surface area contributed by atoms with E-state index in [1.807, 2.05) is 18.2 Å². The summed E-state index contributed by atoms with van der Waals surface area (Å²) in [6.07, 6.45) is 1.36. The molecular weight excluding hydrogens is 340 g/mol. The summed E-state index contributed by atoms with van der Waals surface area (Å²) in [5.74, 6) is -0.0605. The van der Waals surface area contributed by atoms with Crippen molar-refractivity contribution < 1.29 is 14.3 Å². The number of anilines is 1. The van der Waals surface area contributed by atoms with Gasteiger partial charge in [0.1, 0.15) is 5.69 Å². The van der Waals surface area contributed by atoms with E-state index in [0.29, 0.717) is 17.9 Å². The minimum atomic E-state index is -0.623. The minimum Gasteiger partial charge on any atom is -0.450 e. The summed E-state index contributed by atoms with van der Waals surface area (Å²) < 4.78 is 4.73. The Morgan fingerprint density at radius 3 is 2.52 bits per heavy atom. The van der Waals surface area contributed by atoms with Crippen LogP contribution in [0.5, 0.6) is 0 Å². The van der Waals surface area contributed by atoms with E-state index >= 15 is 0 Å². The van der Waals surface area contributed by atoms with Crippen LogP contribution in [0, 0.1) is 0 Å². The number of rotatable bonds is 7. The number of hydrogen-bond acceptors (Lipinski definition) is 5. The van der Waals surface area contributed by atoms with Crippen molar-refractivity contribution in [2.75, 3.05) is 25.5 Å². The standard InChI is InChI=1S/C17H26N4O3S/c1-5-7-12-18-21(4,13(3)22)15-11-9-8-10-14(15)19-16(25)20-17(23)24-6-2/h8-11,18H,5-7,12H2,1-4H3,(H-,19,20,23,25)/p+1. The fourth-order valence-electron chi connectivity index (χ4n) is 2.23. The maximum Gasteiger partial charge on any atom is 0.413 e. The smallest absolute Gasteiger partial charge is 0.413 e. The second-order valence-electron chi connectivity index (χ2n) is 5.60. The molecule has 0 heterocycles. The first-order valence-corrected chi connectivity index (χ1v) is 8.73. The summed E-state index contributed by atoms with van der Waals surface area (Å²) >= 11 is 5.15. The number of ether oxygens (including phenoxy) is 1. The number of thiocarbonyl (C=S) groups is 1. The average molecular weight is 367 g/mol. The molecule has 3 N–H and O–H groups in total. The van der Waals surface area contributed by atoms with Crippen LogP contribution in [-0.2, 0) is 9.53 Å². The van der Waals surface area contributed by atoms with Crippen LogP contribution in [0.4, 0.5) is 16.2 Å². The lowest BCUT2D eigenvalue weighted by molar-refractivity contribution is -0.129. The number of nitrogens with one attached hydrogen (secondary N) is 3. The number of alkyl carbamates (subject to hydrolysis) is 1. The van der Waals surface area contributed by atoms with Gasteiger partial charge in [-0.3, -0.25) is 5.32 Å². The Morgan fingerprint density at radius 2 is 1.92 bits per heavy atom. The second kappa shape index (κ2) is 10.1. The van der Waals surface area contributed by atoms with Gasteiger partial charge in [0.2, 0.25) is 0 Å². The molecule has 0 fully saturated rings. The Bertz CT molecular complexity index is 624. The summed E-state index contributed by atoms with van der Waals surface area (Å²) in [7, 11) is 1.79. The molecule has 0 aliphatic heterocycles. The van der Waals surface area contributed by atoms with Gasteiger partial charge in [-0.2, -0.15) is 10.0 Å². The summed E-state index contributed by atoms with van der Waals surface area (Å²) in [5.41, 5.74) is 4.62. The van der Waals surface area contributed by atoms with Crippen LogP contribution in [0.15, 0.2) is 24.3 Å². The van der Waals surface area contributed by atoms with E-state index in [-0.39, 0.29) is 22.2 Å². The van der Waals surface area contributed by atoms with Gasteiger partial charge < -0.3 is 10.1 Å². The molecule has 1 aromatic carbocycles. The van der Waals surface area contributed by atoms with Crippen molar-refractivity contribution in [1.82, 2.24) is 15.3 Å². The van der Waals surface area contributed by atoms with Crippen LogP contribution in [0.2, 0.25) is 0 Å². The van der Waals surface area contributed by atoms with Gasteiger partial charge in [0, 0.05) is 12.6 Å². The molecular formula is C17H27N4O3S+. The molecule has 0 saturated heterocycles. The van der Waals surface area contributed by atoms with E-state index < -0.39 is 6.09 Å². The van der Waals surface area contributed by atoms with Gasteiger partial charge in [0.05, 0.1) is 20.6 Å². The van der Waals surface area contributed by atoms with Crippen LogP contribution < -0.4 is 20.7 Å². The van der Waals surface area contributed by atoms with Crippen LogP contribution in [0.1, 0.15) is 33.6 Å². The third-order valence-corrected chi connectivity index (χ3v) is 3.92. The molecule has 1 unspecified atom stereocenters. The van der Waals surface area contributed by atoms with Crippen LogP contribution in [0.25, 0.3) is 0 Å². The largest absolute Gasteiger partial charge is 0.450 e. The molecule has 0 radical (unpaired) electrons. The van der Waals surface area contributed by atoms with Crippen molar-refractivity contribution in [2.24, 2.45) is 0 Å². The van der Waals surface area contributed by atoms with Crippen molar-refractivity contribution in [3.8, 4) is 0 Å². The van der Waals surface area contributed by atoms with Crippen LogP contribution >= 0.6 is 12.2 Å². The molecule has 2 amide bonds. The monoisotopic (exact) mass is 367 g/mol. The first-order valence-electron chi connectivity index (χ1n) is 8.32. The summed E-state index contributed by atoms with van der Waals surface area (Å²) in [5, 5.41) is 5.50. The van der Waals surface area contributed by atoms with Gasteiger partial charge in [-0.1, -0.05) is 25.5 Å².